The molecular formula is C18H19N3O3S. The number of benzene rings is 2. The van der Waals surface area contributed by atoms with Crippen molar-refractivity contribution in [2.24, 2.45) is 0 Å². The molecule has 0 unspecified atom stereocenters. The van der Waals surface area contributed by atoms with Crippen LogP contribution in [0.2, 0.25) is 0 Å². The zero-order valence-corrected chi connectivity index (χ0v) is 15.1. The van der Waals surface area contributed by atoms with Crippen LogP contribution in [-0.2, 0) is 14.8 Å². The lowest BCUT2D eigenvalue weighted by Crippen LogP contribution is -2.35. The maximum absolute atomic E-state index is 12.5. The van der Waals surface area contributed by atoms with E-state index in [0.29, 0.717) is 11.3 Å². The summed E-state index contributed by atoms with van der Waals surface area (Å²) in [5.41, 5.74) is 2.93. The number of amides is 1. The number of aryl methyl sites for hydroxylation is 2. The molecule has 0 aliphatic rings. The molecule has 2 aromatic carbocycles. The van der Waals surface area contributed by atoms with Crippen molar-refractivity contribution in [3.8, 4) is 6.07 Å². The number of sulfonamides is 1. The third kappa shape index (κ3) is 4.44. The van der Waals surface area contributed by atoms with Crippen LogP contribution in [0, 0.1) is 25.2 Å². The van der Waals surface area contributed by atoms with Crippen LogP contribution in [0.3, 0.4) is 0 Å². The van der Waals surface area contributed by atoms with Crippen molar-refractivity contribution in [3.05, 3.63) is 59.2 Å². The van der Waals surface area contributed by atoms with Gasteiger partial charge in [0, 0.05) is 12.7 Å². The molecule has 1 amide bonds. The van der Waals surface area contributed by atoms with Crippen molar-refractivity contribution in [1.29, 1.82) is 5.26 Å². The van der Waals surface area contributed by atoms with E-state index < -0.39 is 15.9 Å². The van der Waals surface area contributed by atoms with E-state index in [1.165, 1.54) is 31.3 Å². The summed E-state index contributed by atoms with van der Waals surface area (Å²) in [5.74, 6) is -0.423. The second kappa shape index (κ2) is 7.47. The number of nitrogens with one attached hydrogen (secondary N) is 1. The van der Waals surface area contributed by atoms with Gasteiger partial charge in [-0.05, 0) is 55.3 Å². The minimum atomic E-state index is -3.81. The van der Waals surface area contributed by atoms with Gasteiger partial charge in [0.2, 0.25) is 15.9 Å². The first kappa shape index (κ1) is 18.6. The smallest absolute Gasteiger partial charge is 0.243 e. The molecule has 2 aromatic rings. The maximum atomic E-state index is 12.5. The highest BCUT2D eigenvalue weighted by Gasteiger charge is 2.23. The molecule has 0 heterocycles. The van der Waals surface area contributed by atoms with Gasteiger partial charge >= 0.3 is 0 Å². The first-order valence-corrected chi connectivity index (χ1v) is 9.01. The van der Waals surface area contributed by atoms with Crippen LogP contribution in [0.4, 0.5) is 5.69 Å². The molecule has 0 atom stereocenters. The van der Waals surface area contributed by atoms with Crippen molar-refractivity contribution >= 4 is 21.6 Å². The van der Waals surface area contributed by atoms with Crippen molar-refractivity contribution in [2.45, 2.75) is 18.7 Å². The molecule has 6 nitrogen and oxygen atoms in total. The Bertz CT molecular complexity index is 929. The van der Waals surface area contributed by atoms with Crippen LogP contribution in [0.25, 0.3) is 0 Å². The zero-order valence-electron chi connectivity index (χ0n) is 14.3. The number of carbonyl (C=O) groups excluding carboxylic acids is 1. The molecule has 0 aromatic heterocycles. The largest absolute Gasteiger partial charge is 0.325 e. The van der Waals surface area contributed by atoms with Gasteiger partial charge in [-0.15, -0.1) is 0 Å². The second-order valence-electron chi connectivity index (χ2n) is 5.76. The number of carbonyl (C=O) groups is 1. The molecule has 0 saturated carbocycles. The Labute approximate surface area is 147 Å². The van der Waals surface area contributed by atoms with Gasteiger partial charge in [0.15, 0.2) is 0 Å². The van der Waals surface area contributed by atoms with E-state index in [-0.39, 0.29) is 11.4 Å². The van der Waals surface area contributed by atoms with Gasteiger partial charge in [-0.25, -0.2) is 8.42 Å². The van der Waals surface area contributed by atoms with Gasteiger partial charge in [0.25, 0.3) is 0 Å². The second-order valence-corrected chi connectivity index (χ2v) is 7.81. The molecular weight excluding hydrogens is 338 g/mol. The minimum absolute atomic E-state index is 0.0357. The van der Waals surface area contributed by atoms with Crippen molar-refractivity contribution in [2.75, 3.05) is 18.9 Å². The summed E-state index contributed by atoms with van der Waals surface area (Å²) in [6, 6.07) is 13.2. The Morgan fingerprint density at radius 2 is 1.80 bits per heavy atom. The SMILES string of the molecule is Cc1ccc(C)c(NC(=O)CN(C)S(=O)(=O)c2ccc(C#N)cc2)c1. The predicted molar refractivity (Wildman–Crippen MR) is 95.5 cm³/mol. The van der Waals surface area contributed by atoms with Crippen molar-refractivity contribution in [1.82, 2.24) is 4.31 Å². The zero-order chi connectivity index (χ0) is 18.6. The summed E-state index contributed by atoms with van der Waals surface area (Å²) < 4.78 is 26.0. The number of hydrogen-bond donors (Lipinski definition) is 1. The molecule has 0 aliphatic heterocycles. The van der Waals surface area contributed by atoms with Crippen molar-refractivity contribution in [3.63, 3.8) is 0 Å². The topological polar surface area (TPSA) is 90.3 Å². The summed E-state index contributed by atoms with van der Waals surface area (Å²) in [7, 11) is -2.46. The molecule has 7 heteroatoms. The molecule has 0 fully saturated rings. The first-order chi connectivity index (χ1) is 11.7. The lowest BCUT2D eigenvalue weighted by molar-refractivity contribution is -0.116. The summed E-state index contributed by atoms with van der Waals surface area (Å²) >= 11 is 0. The fourth-order valence-electron chi connectivity index (χ4n) is 2.23. The fourth-order valence-corrected chi connectivity index (χ4v) is 3.36. The monoisotopic (exact) mass is 357 g/mol. The Morgan fingerprint density at radius 3 is 2.40 bits per heavy atom. The Kier molecular flexibility index (Phi) is 5.57. The minimum Gasteiger partial charge on any atom is -0.325 e. The van der Waals surface area contributed by atoms with Crippen LogP contribution in [-0.4, -0.2) is 32.2 Å². The third-order valence-corrected chi connectivity index (χ3v) is 5.54. The summed E-state index contributed by atoms with van der Waals surface area (Å²) in [6.45, 7) is 3.47. The Morgan fingerprint density at radius 1 is 1.16 bits per heavy atom. The highest BCUT2D eigenvalue weighted by Crippen LogP contribution is 2.18. The number of nitrogens with zero attached hydrogens (tertiary/aromatic N) is 2. The molecule has 130 valence electrons. The molecule has 0 saturated heterocycles. The van der Waals surface area contributed by atoms with Crippen LogP contribution in [0.5, 0.6) is 0 Å². The van der Waals surface area contributed by atoms with Gasteiger partial charge in [-0.3, -0.25) is 4.79 Å². The van der Waals surface area contributed by atoms with E-state index >= 15 is 0 Å². The van der Waals surface area contributed by atoms with E-state index in [2.05, 4.69) is 5.32 Å². The molecule has 0 aliphatic carbocycles. The summed E-state index contributed by atoms with van der Waals surface area (Å²) in [6.07, 6.45) is 0. The summed E-state index contributed by atoms with van der Waals surface area (Å²) in [4.78, 5) is 12.2. The number of likely N-dealkylation sites (N-methyl/N-ethyl adjacent to an activating group) is 1. The molecule has 1 N–H and O–H groups in total. The third-order valence-electron chi connectivity index (χ3n) is 3.73. The molecule has 25 heavy (non-hydrogen) atoms. The van der Waals surface area contributed by atoms with E-state index in [4.69, 9.17) is 5.26 Å². The average molecular weight is 357 g/mol. The van der Waals surface area contributed by atoms with E-state index in [9.17, 15) is 13.2 Å². The van der Waals surface area contributed by atoms with Crippen LogP contribution in [0.15, 0.2) is 47.4 Å². The van der Waals surface area contributed by atoms with Gasteiger partial charge in [-0.1, -0.05) is 12.1 Å². The number of nitriles is 1. The normalized spacial score (nSPS) is 11.2. The highest BCUT2D eigenvalue weighted by molar-refractivity contribution is 7.89. The molecule has 2 rings (SSSR count). The van der Waals surface area contributed by atoms with Gasteiger partial charge in [-0.2, -0.15) is 9.57 Å². The lowest BCUT2D eigenvalue weighted by atomic mass is 10.1. The first-order valence-electron chi connectivity index (χ1n) is 7.57. The van der Waals surface area contributed by atoms with Crippen LogP contribution in [0.1, 0.15) is 16.7 Å². The average Bonchev–Trinajstić information content (AvgIpc) is 2.58. The van der Waals surface area contributed by atoms with E-state index in [1.807, 2.05) is 38.1 Å². The standard InChI is InChI=1S/C18H19N3O3S/c1-13-4-5-14(2)17(10-13)20-18(22)12-21(3)25(23,24)16-8-6-15(11-19)7-9-16/h4-10H,12H2,1-3H3,(H,20,22). The van der Waals surface area contributed by atoms with E-state index in [1.54, 1.807) is 0 Å². The fraction of sp³-hybridized carbons (Fsp3) is 0.222. The van der Waals surface area contributed by atoms with E-state index in [0.717, 1.165) is 15.4 Å². The lowest BCUT2D eigenvalue weighted by Gasteiger charge is -2.17. The number of anilines is 1. The predicted octanol–water partition coefficient (Wildman–Crippen LogP) is 2.43. The van der Waals surface area contributed by atoms with Gasteiger partial charge in [0.1, 0.15) is 0 Å². The van der Waals surface area contributed by atoms with Gasteiger partial charge in [0.05, 0.1) is 23.1 Å². The van der Waals surface area contributed by atoms with Crippen LogP contribution >= 0.6 is 0 Å². The molecule has 0 radical (unpaired) electrons. The van der Waals surface area contributed by atoms with Crippen molar-refractivity contribution < 1.29 is 13.2 Å². The number of hydrogen-bond acceptors (Lipinski definition) is 4. The summed E-state index contributed by atoms with van der Waals surface area (Å²) in [5, 5.41) is 11.5. The quantitative estimate of drug-likeness (QED) is 0.890. The molecule has 0 bridgehead atoms. The Hall–Kier alpha value is -2.69. The van der Waals surface area contributed by atoms with Crippen LogP contribution < -0.4 is 5.32 Å². The maximum Gasteiger partial charge on any atom is 0.243 e. The Balaban J connectivity index is 2.11. The number of rotatable bonds is 5. The highest BCUT2D eigenvalue weighted by atomic mass is 32.2. The van der Waals surface area contributed by atoms with Gasteiger partial charge < -0.3 is 5.32 Å². The molecule has 0 spiro atoms.